The Balaban J connectivity index is 1.48. The molecule has 3 heterocycles. The topological polar surface area (TPSA) is 52.7 Å². The summed E-state index contributed by atoms with van der Waals surface area (Å²) in [6.45, 7) is 5.94. The minimum atomic E-state index is -3.70. The van der Waals surface area contributed by atoms with E-state index in [2.05, 4.69) is 46.6 Å². The summed E-state index contributed by atoms with van der Waals surface area (Å²) < 4.78 is 30.9. The summed E-state index contributed by atoms with van der Waals surface area (Å²) in [5, 5.41) is 4.94. The number of hydrogen-bond acceptors (Lipinski definition) is 5. The molecular weight excluding hydrogens is 498 g/mol. The second kappa shape index (κ2) is 8.82. The van der Waals surface area contributed by atoms with Crippen molar-refractivity contribution in [3.63, 3.8) is 0 Å². The Morgan fingerprint density at radius 1 is 0.943 bits per heavy atom. The van der Waals surface area contributed by atoms with Crippen LogP contribution < -0.4 is 14.5 Å². The van der Waals surface area contributed by atoms with Crippen molar-refractivity contribution in [1.29, 1.82) is 0 Å². The molecule has 0 radical (unpaired) electrons. The van der Waals surface area contributed by atoms with Gasteiger partial charge in [-0.1, -0.05) is 41.9 Å². The maximum Gasteiger partial charge on any atom is 0.274 e. The van der Waals surface area contributed by atoms with Gasteiger partial charge in [0, 0.05) is 53.7 Å². The molecule has 4 aromatic rings. The van der Waals surface area contributed by atoms with E-state index in [0.717, 1.165) is 69.9 Å². The molecule has 0 atom stereocenters. The Hall–Kier alpha value is -2.58. The number of nitrogens with zero attached hydrogens (tertiary/aromatic N) is 2. The fourth-order valence-corrected chi connectivity index (χ4v) is 8.69. The smallest absolute Gasteiger partial charge is 0.274 e. The Bertz CT molecular complexity index is 1530. The van der Waals surface area contributed by atoms with Gasteiger partial charge in [0.05, 0.1) is 5.69 Å². The molecule has 0 amide bonds. The third-order valence-electron chi connectivity index (χ3n) is 6.97. The number of piperazine rings is 1. The molecule has 180 valence electrons. The summed E-state index contributed by atoms with van der Waals surface area (Å²) in [5.41, 5.74) is 6.06. The molecule has 1 aromatic heterocycles. The Morgan fingerprint density at radius 3 is 2.49 bits per heavy atom. The first kappa shape index (κ1) is 22.9. The molecule has 0 unspecified atom stereocenters. The number of benzene rings is 3. The molecule has 35 heavy (non-hydrogen) atoms. The van der Waals surface area contributed by atoms with Gasteiger partial charge in [0.15, 0.2) is 0 Å². The highest BCUT2D eigenvalue weighted by Crippen LogP contribution is 2.44. The van der Waals surface area contributed by atoms with Crippen LogP contribution in [-0.4, -0.2) is 41.1 Å². The third kappa shape index (κ3) is 3.91. The molecular formula is C27H26ClN3O2S2. The molecule has 6 rings (SSSR count). The van der Waals surface area contributed by atoms with Crippen molar-refractivity contribution in [3.05, 3.63) is 76.8 Å². The first-order valence-electron chi connectivity index (χ1n) is 11.8. The summed E-state index contributed by atoms with van der Waals surface area (Å²) in [5.74, 6) is 0. The average molecular weight is 524 g/mol. The fraction of sp³-hybridized carbons (Fsp3) is 0.259. The lowest BCUT2D eigenvalue weighted by molar-refractivity contribution is 0.589. The largest absolute Gasteiger partial charge is 0.368 e. The van der Waals surface area contributed by atoms with E-state index in [-0.39, 0.29) is 0 Å². The van der Waals surface area contributed by atoms with E-state index in [4.69, 9.17) is 11.6 Å². The normalized spacial score (nSPS) is 16.2. The number of halogens is 1. The van der Waals surface area contributed by atoms with Crippen LogP contribution in [0.1, 0.15) is 11.1 Å². The minimum Gasteiger partial charge on any atom is -0.368 e. The highest BCUT2D eigenvalue weighted by atomic mass is 35.5. The van der Waals surface area contributed by atoms with Crippen LogP contribution in [0, 0.1) is 6.92 Å². The van der Waals surface area contributed by atoms with Crippen LogP contribution >= 0.6 is 22.9 Å². The predicted molar refractivity (Wildman–Crippen MR) is 147 cm³/mol. The van der Waals surface area contributed by atoms with Gasteiger partial charge in [-0.05, 0) is 65.8 Å². The highest BCUT2D eigenvalue weighted by Gasteiger charge is 2.35. The highest BCUT2D eigenvalue weighted by molar-refractivity contribution is 7.95. The van der Waals surface area contributed by atoms with Crippen molar-refractivity contribution in [2.75, 3.05) is 41.9 Å². The summed E-state index contributed by atoms with van der Waals surface area (Å²) in [7, 11) is -3.70. The molecule has 3 aromatic carbocycles. The van der Waals surface area contributed by atoms with E-state index in [1.807, 2.05) is 31.2 Å². The molecule has 2 aliphatic rings. The summed E-state index contributed by atoms with van der Waals surface area (Å²) in [4.78, 5) is 2.37. The number of thiophene rings is 1. The number of rotatable bonds is 4. The number of fused-ring (bicyclic) bond motifs is 2. The summed E-state index contributed by atoms with van der Waals surface area (Å²) in [6.07, 6.45) is 0.700. The Kier molecular flexibility index (Phi) is 5.76. The standard InChI is InChI=1S/C27H26ClN3O2S2/c1-18-22-16-21(28)7-8-26(22)34-27(18)35(32,33)31-12-9-20-15-23(19-5-3-2-4-6-19)25(17-24(20)31)30-13-10-29-11-14-30/h2-8,15-17,29H,9-14H2,1H3. The van der Waals surface area contributed by atoms with Crippen LogP contribution in [0.5, 0.6) is 0 Å². The number of anilines is 2. The number of sulfonamides is 1. The number of hydrogen-bond donors (Lipinski definition) is 1. The van der Waals surface area contributed by atoms with Crippen molar-refractivity contribution in [3.8, 4) is 11.1 Å². The molecule has 1 N–H and O–H groups in total. The molecule has 5 nitrogen and oxygen atoms in total. The zero-order valence-electron chi connectivity index (χ0n) is 19.4. The number of nitrogens with one attached hydrogen (secondary N) is 1. The molecule has 0 saturated carbocycles. The van der Waals surface area contributed by atoms with Gasteiger partial charge in [-0.2, -0.15) is 0 Å². The van der Waals surface area contributed by atoms with Crippen LogP contribution in [0.2, 0.25) is 5.02 Å². The van der Waals surface area contributed by atoms with Crippen molar-refractivity contribution < 1.29 is 8.42 Å². The predicted octanol–water partition coefficient (Wildman–Crippen LogP) is 5.69. The van der Waals surface area contributed by atoms with Crippen molar-refractivity contribution >= 4 is 54.4 Å². The second-order valence-corrected chi connectivity index (χ2v) is 12.6. The molecule has 8 heteroatoms. The number of aryl methyl sites for hydroxylation is 1. The third-order valence-corrected chi connectivity index (χ3v) is 10.9. The lowest BCUT2D eigenvalue weighted by atomic mass is 9.98. The first-order chi connectivity index (χ1) is 16.9. The van der Waals surface area contributed by atoms with Crippen LogP contribution in [0.3, 0.4) is 0 Å². The molecule has 1 saturated heterocycles. The van der Waals surface area contributed by atoms with Gasteiger partial charge in [0.1, 0.15) is 4.21 Å². The van der Waals surface area contributed by atoms with E-state index in [1.54, 1.807) is 4.31 Å². The molecule has 2 aliphatic heterocycles. The SMILES string of the molecule is Cc1c(S(=O)(=O)N2CCc3cc(-c4ccccc4)c(N4CCNCC4)cc32)sc2ccc(Cl)cc12. The van der Waals surface area contributed by atoms with Gasteiger partial charge in [-0.15, -0.1) is 11.3 Å². The van der Waals surface area contributed by atoms with E-state index < -0.39 is 10.0 Å². The average Bonchev–Trinajstić information content (AvgIpc) is 3.46. The van der Waals surface area contributed by atoms with Crippen molar-refractivity contribution in [2.45, 2.75) is 17.6 Å². The van der Waals surface area contributed by atoms with E-state index in [1.165, 1.54) is 11.3 Å². The Morgan fingerprint density at radius 2 is 1.71 bits per heavy atom. The second-order valence-electron chi connectivity index (χ2n) is 9.08. The van der Waals surface area contributed by atoms with Gasteiger partial charge < -0.3 is 10.2 Å². The zero-order valence-corrected chi connectivity index (χ0v) is 21.8. The van der Waals surface area contributed by atoms with Gasteiger partial charge in [-0.25, -0.2) is 8.42 Å². The van der Waals surface area contributed by atoms with Crippen LogP contribution in [0.15, 0.2) is 64.9 Å². The molecule has 1 fully saturated rings. The summed E-state index contributed by atoms with van der Waals surface area (Å²) in [6, 6.07) is 20.3. The van der Waals surface area contributed by atoms with E-state index in [9.17, 15) is 8.42 Å². The van der Waals surface area contributed by atoms with Crippen LogP contribution in [0.25, 0.3) is 21.2 Å². The maximum absolute atomic E-state index is 14.0. The van der Waals surface area contributed by atoms with Crippen LogP contribution in [0.4, 0.5) is 11.4 Å². The molecule has 0 aliphatic carbocycles. The van der Waals surface area contributed by atoms with Crippen LogP contribution in [-0.2, 0) is 16.4 Å². The first-order valence-corrected chi connectivity index (χ1v) is 14.5. The van der Waals surface area contributed by atoms with Gasteiger partial charge >= 0.3 is 0 Å². The molecule has 0 bridgehead atoms. The van der Waals surface area contributed by atoms with Crippen molar-refractivity contribution in [1.82, 2.24) is 5.32 Å². The lowest BCUT2D eigenvalue weighted by Gasteiger charge is -2.32. The minimum absolute atomic E-state index is 0.401. The fourth-order valence-electron chi connectivity index (χ4n) is 5.18. The Labute approximate surface area is 215 Å². The van der Waals surface area contributed by atoms with Gasteiger partial charge in [0.2, 0.25) is 0 Å². The monoisotopic (exact) mass is 523 g/mol. The molecule has 0 spiro atoms. The van der Waals surface area contributed by atoms with Gasteiger partial charge in [-0.3, -0.25) is 4.31 Å². The zero-order chi connectivity index (χ0) is 24.2. The maximum atomic E-state index is 14.0. The van der Waals surface area contributed by atoms with E-state index in [0.29, 0.717) is 22.2 Å². The quantitative estimate of drug-likeness (QED) is 0.373. The lowest BCUT2D eigenvalue weighted by Crippen LogP contribution is -2.43. The van der Waals surface area contributed by atoms with E-state index >= 15 is 0 Å². The summed E-state index contributed by atoms with van der Waals surface area (Å²) >= 11 is 7.53. The van der Waals surface area contributed by atoms with Crippen molar-refractivity contribution in [2.24, 2.45) is 0 Å². The van der Waals surface area contributed by atoms with Gasteiger partial charge in [0.25, 0.3) is 10.0 Å².